The summed E-state index contributed by atoms with van der Waals surface area (Å²) in [5.74, 6) is 1.62. The summed E-state index contributed by atoms with van der Waals surface area (Å²) in [6, 6.07) is 17.4. The number of piperazine rings is 1. The van der Waals surface area contributed by atoms with Crippen LogP contribution in [0.15, 0.2) is 67.0 Å². The SMILES string of the molecule is Cc1cc(N2CCN(c3ncccn3)CC2)nc2ccc(NC(=O)c3cccc(N(C)C)c3)cc12. The minimum atomic E-state index is -0.129. The third-order valence-corrected chi connectivity index (χ3v) is 6.32. The normalized spacial score (nSPS) is 13.7. The highest BCUT2D eigenvalue weighted by Gasteiger charge is 2.20. The number of hydrogen-bond acceptors (Lipinski definition) is 7. The molecule has 0 unspecified atom stereocenters. The van der Waals surface area contributed by atoms with Gasteiger partial charge in [0.15, 0.2) is 0 Å². The first kappa shape index (κ1) is 22.6. The van der Waals surface area contributed by atoms with Gasteiger partial charge in [-0.3, -0.25) is 4.79 Å². The van der Waals surface area contributed by atoms with Gasteiger partial charge in [-0.15, -0.1) is 0 Å². The van der Waals surface area contributed by atoms with Crippen molar-refractivity contribution in [2.75, 3.05) is 60.3 Å². The zero-order valence-electron chi connectivity index (χ0n) is 20.3. The van der Waals surface area contributed by atoms with Crippen LogP contribution in [0.4, 0.5) is 23.1 Å². The minimum Gasteiger partial charge on any atom is -0.378 e. The number of benzene rings is 2. The summed E-state index contributed by atoms with van der Waals surface area (Å²) >= 11 is 0. The van der Waals surface area contributed by atoms with Gasteiger partial charge >= 0.3 is 0 Å². The Morgan fingerprint density at radius 2 is 1.66 bits per heavy atom. The topological polar surface area (TPSA) is 77.5 Å². The van der Waals surface area contributed by atoms with Crippen LogP contribution in [0.25, 0.3) is 10.9 Å². The Kier molecular flexibility index (Phi) is 6.18. The van der Waals surface area contributed by atoms with Crippen molar-refractivity contribution < 1.29 is 4.79 Å². The number of aromatic nitrogens is 3. The van der Waals surface area contributed by atoms with Gasteiger partial charge in [0.2, 0.25) is 5.95 Å². The zero-order chi connectivity index (χ0) is 24.4. The first-order valence-electron chi connectivity index (χ1n) is 11.7. The maximum absolute atomic E-state index is 12.8. The molecule has 1 N–H and O–H groups in total. The molecule has 35 heavy (non-hydrogen) atoms. The Balaban J connectivity index is 1.31. The lowest BCUT2D eigenvalue weighted by molar-refractivity contribution is 0.102. The van der Waals surface area contributed by atoms with Gasteiger partial charge in [0.25, 0.3) is 5.91 Å². The number of hydrogen-bond donors (Lipinski definition) is 1. The summed E-state index contributed by atoms with van der Waals surface area (Å²) in [5, 5.41) is 4.06. The molecule has 0 spiro atoms. The van der Waals surface area contributed by atoms with Crippen LogP contribution in [0.5, 0.6) is 0 Å². The van der Waals surface area contributed by atoms with Gasteiger partial charge in [-0.2, -0.15) is 0 Å². The van der Waals surface area contributed by atoms with Gasteiger partial charge in [0.1, 0.15) is 5.82 Å². The number of nitrogens with zero attached hydrogens (tertiary/aromatic N) is 6. The average Bonchev–Trinajstić information content (AvgIpc) is 2.89. The minimum absolute atomic E-state index is 0.129. The van der Waals surface area contributed by atoms with E-state index in [4.69, 9.17) is 4.98 Å². The van der Waals surface area contributed by atoms with E-state index in [2.05, 4.69) is 38.1 Å². The number of rotatable bonds is 5. The molecule has 2 aromatic carbocycles. The van der Waals surface area contributed by atoms with E-state index in [1.807, 2.05) is 67.5 Å². The number of carbonyl (C=O) groups is 1. The van der Waals surface area contributed by atoms with Gasteiger partial charge in [-0.1, -0.05) is 6.07 Å². The van der Waals surface area contributed by atoms with Gasteiger partial charge in [-0.05, 0) is 61.0 Å². The highest BCUT2D eigenvalue weighted by atomic mass is 16.1. The van der Waals surface area contributed by atoms with Crippen molar-refractivity contribution in [2.45, 2.75) is 6.92 Å². The summed E-state index contributed by atoms with van der Waals surface area (Å²) in [5.41, 5.74) is 4.42. The predicted octanol–water partition coefficient (Wildman–Crippen LogP) is 3.98. The molecule has 0 radical (unpaired) electrons. The molecule has 3 heterocycles. The predicted molar refractivity (Wildman–Crippen MR) is 142 cm³/mol. The molecule has 1 saturated heterocycles. The van der Waals surface area contributed by atoms with Crippen LogP contribution in [0, 0.1) is 6.92 Å². The summed E-state index contributed by atoms with van der Waals surface area (Å²) in [7, 11) is 3.92. The fourth-order valence-corrected chi connectivity index (χ4v) is 4.33. The van der Waals surface area contributed by atoms with Crippen LogP contribution >= 0.6 is 0 Å². The fourth-order valence-electron chi connectivity index (χ4n) is 4.33. The Labute approximate surface area is 205 Å². The van der Waals surface area contributed by atoms with Gasteiger partial charge < -0.3 is 20.0 Å². The first-order valence-corrected chi connectivity index (χ1v) is 11.7. The molecule has 4 aromatic rings. The third-order valence-electron chi connectivity index (χ3n) is 6.32. The quantitative estimate of drug-likeness (QED) is 0.476. The van der Waals surface area contributed by atoms with Gasteiger partial charge in [0, 0.05) is 75.0 Å². The van der Waals surface area contributed by atoms with E-state index >= 15 is 0 Å². The van der Waals surface area contributed by atoms with Crippen LogP contribution in [-0.4, -0.2) is 61.1 Å². The Bertz CT molecular complexity index is 1350. The van der Waals surface area contributed by atoms with Crippen molar-refractivity contribution in [3.63, 3.8) is 0 Å². The van der Waals surface area contributed by atoms with Crippen molar-refractivity contribution in [2.24, 2.45) is 0 Å². The maximum atomic E-state index is 12.8. The lowest BCUT2D eigenvalue weighted by Gasteiger charge is -2.35. The standard InChI is InChI=1S/C27H29N7O/c1-19-16-25(33-12-14-34(15-13-33)27-28-10-5-11-29-27)31-24-9-8-21(18-23(19)24)30-26(35)20-6-4-7-22(17-20)32(2)3/h4-11,16-18H,12-15H2,1-3H3,(H,30,35). The second kappa shape index (κ2) is 9.58. The summed E-state index contributed by atoms with van der Waals surface area (Å²) in [6.07, 6.45) is 3.56. The molecule has 0 atom stereocenters. The molecule has 1 aliphatic heterocycles. The Morgan fingerprint density at radius 3 is 2.40 bits per heavy atom. The molecule has 0 bridgehead atoms. The Morgan fingerprint density at radius 1 is 0.914 bits per heavy atom. The number of aryl methyl sites for hydroxylation is 1. The first-order chi connectivity index (χ1) is 17.0. The maximum Gasteiger partial charge on any atom is 0.255 e. The van der Waals surface area contributed by atoms with Crippen molar-refractivity contribution in [1.29, 1.82) is 0 Å². The van der Waals surface area contributed by atoms with E-state index in [-0.39, 0.29) is 5.91 Å². The van der Waals surface area contributed by atoms with Crippen LogP contribution in [0.3, 0.4) is 0 Å². The number of fused-ring (bicyclic) bond motifs is 1. The van der Waals surface area contributed by atoms with Crippen LogP contribution < -0.4 is 20.0 Å². The molecule has 1 aliphatic rings. The molecule has 0 saturated carbocycles. The highest BCUT2D eigenvalue weighted by Crippen LogP contribution is 2.27. The molecule has 8 heteroatoms. The van der Waals surface area contributed by atoms with E-state index in [0.29, 0.717) is 5.56 Å². The molecule has 178 valence electrons. The van der Waals surface area contributed by atoms with Gasteiger partial charge in [-0.25, -0.2) is 15.0 Å². The molecular formula is C27H29N7O. The number of pyridine rings is 1. The lowest BCUT2D eigenvalue weighted by Crippen LogP contribution is -2.47. The molecule has 5 rings (SSSR count). The number of amides is 1. The van der Waals surface area contributed by atoms with Crippen LogP contribution in [0.1, 0.15) is 15.9 Å². The van der Waals surface area contributed by atoms with Crippen LogP contribution in [0.2, 0.25) is 0 Å². The van der Waals surface area contributed by atoms with E-state index < -0.39 is 0 Å². The summed E-state index contributed by atoms with van der Waals surface area (Å²) in [6.45, 7) is 5.51. The van der Waals surface area contributed by atoms with E-state index in [1.54, 1.807) is 12.4 Å². The molecule has 0 aliphatic carbocycles. The monoisotopic (exact) mass is 467 g/mol. The summed E-state index contributed by atoms with van der Waals surface area (Å²) < 4.78 is 0. The fraction of sp³-hybridized carbons (Fsp3) is 0.259. The number of carbonyl (C=O) groups excluding carboxylic acids is 1. The number of anilines is 4. The second-order valence-corrected chi connectivity index (χ2v) is 8.95. The molecule has 8 nitrogen and oxygen atoms in total. The molecule has 1 amide bonds. The molecular weight excluding hydrogens is 438 g/mol. The smallest absolute Gasteiger partial charge is 0.255 e. The van der Waals surface area contributed by atoms with E-state index in [1.165, 1.54) is 0 Å². The average molecular weight is 468 g/mol. The van der Waals surface area contributed by atoms with Crippen molar-refractivity contribution >= 4 is 40.0 Å². The third kappa shape index (κ3) is 4.87. The number of nitrogens with one attached hydrogen (secondary N) is 1. The summed E-state index contributed by atoms with van der Waals surface area (Å²) in [4.78, 5) is 33.0. The van der Waals surface area contributed by atoms with E-state index in [0.717, 1.165) is 65.8 Å². The second-order valence-electron chi connectivity index (χ2n) is 8.95. The Hall–Kier alpha value is -4.20. The van der Waals surface area contributed by atoms with Crippen molar-refractivity contribution in [3.8, 4) is 0 Å². The zero-order valence-corrected chi connectivity index (χ0v) is 20.3. The largest absolute Gasteiger partial charge is 0.378 e. The van der Waals surface area contributed by atoms with Crippen LogP contribution in [-0.2, 0) is 0 Å². The highest BCUT2D eigenvalue weighted by molar-refractivity contribution is 6.05. The van der Waals surface area contributed by atoms with Gasteiger partial charge in [0.05, 0.1) is 5.52 Å². The van der Waals surface area contributed by atoms with Crippen molar-refractivity contribution in [3.05, 3.63) is 78.1 Å². The van der Waals surface area contributed by atoms with Crippen molar-refractivity contribution in [1.82, 2.24) is 15.0 Å². The molecule has 2 aromatic heterocycles. The lowest BCUT2D eigenvalue weighted by atomic mass is 10.1. The van der Waals surface area contributed by atoms with E-state index in [9.17, 15) is 4.79 Å². The molecule has 1 fully saturated rings.